The van der Waals surface area contributed by atoms with Gasteiger partial charge in [-0.15, -0.1) is 0 Å². The second kappa shape index (κ2) is 3.38. The van der Waals surface area contributed by atoms with E-state index in [2.05, 4.69) is 15.9 Å². The molecular weight excluding hydrogens is 260 g/mol. The van der Waals surface area contributed by atoms with Gasteiger partial charge >= 0.3 is 5.97 Å². The van der Waals surface area contributed by atoms with Gasteiger partial charge < -0.3 is 9.52 Å². The van der Waals surface area contributed by atoms with E-state index < -0.39 is 5.97 Å². The highest BCUT2D eigenvalue weighted by Crippen LogP contribution is 2.31. The maximum Gasteiger partial charge on any atom is 0.339 e. The van der Waals surface area contributed by atoms with E-state index in [9.17, 15) is 4.79 Å². The number of furan rings is 1. The van der Waals surface area contributed by atoms with Crippen LogP contribution in [0.1, 0.15) is 21.7 Å². The van der Waals surface area contributed by atoms with Crippen molar-refractivity contribution < 1.29 is 14.3 Å². The normalized spacial score (nSPS) is 10.9. The van der Waals surface area contributed by atoms with Crippen LogP contribution in [0, 0.1) is 13.8 Å². The predicted molar refractivity (Wildman–Crippen MR) is 60.3 cm³/mol. The van der Waals surface area contributed by atoms with E-state index in [1.807, 2.05) is 13.0 Å². The zero-order chi connectivity index (χ0) is 11.2. The molecule has 0 fully saturated rings. The third-order valence-corrected chi connectivity index (χ3v) is 2.80. The summed E-state index contributed by atoms with van der Waals surface area (Å²) in [5, 5.41) is 9.76. The Morgan fingerprint density at radius 3 is 2.67 bits per heavy atom. The maximum absolute atomic E-state index is 11.1. The van der Waals surface area contributed by atoms with Crippen LogP contribution in [0.15, 0.2) is 21.0 Å². The number of carboxylic acid groups (broad SMARTS) is 1. The van der Waals surface area contributed by atoms with Gasteiger partial charge in [0, 0.05) is 9.86 Å². The third-order valence-electron chi connectivity index (χ3n) is 2.34. The summed E-state index contributed by atoms with van der Waals surface area (Å²) in [4.78, 5) is 11.1. The van der Waals surface area contributed by atoms with Crippen LogP contribution in [0.2, 0.25) is 0 Å². The van der Waals surface area contributed by atoms with Crippen LogP contribution in [0.3, 0.4) is 0 Å². The first-order chi connectivity index (χ1) is 7.00. The fourth-order valence-corrected chi connectivity index (χ4v) is 2.31. The van der Waals surface area contributed by atoms with Gasteiger partial charge in [0.2, 0.25) is 0 Å². The van der Waals surface area contributed by atoms with Crippen molar-refractivity contribution in [2.75, 3.05) is 0 Å². The molecule has 0 aliphatic heterocycles. The first-order valence-electron chi connectivity index (χ1n) is 4.43. The molecule has 0 saturated heterocycles. The van der Waals surface area contributed by atoms with Gasteiger partial charge in [0.05, 0.1) is 0 Å². The molecule has 3 nitrogen and oxygen atoms in total. The van der Waals surface area contributed by atoms with E-state index in [1.165, 1.54) is 0 Å². The lowest BCUT2D eigenvalue weighted by Crippen LogP contribution is -1.97. The summed E-state index contributed by atoms with van der Waals surface area (Å²) >= 11 is 3.35. The SMILES string of the molecule is Cc1oc2cc(Br)cc(C)c2c1C(=O)O. The largest absolute Gasteiger partial charge is 0.478 e. The molecule has 0 radical (unpaired) electrons. The topological polar surface area (TPSA) is 50.4 Å². The second-order valence-electron chi connectivity index (χ2n) is 3.43. The van der Waals surface area contributed by atoms with Gasteiger partial charge in [0.1, 0.15) is 16.9 Å². The summed E-state index contributed by atoms with van der Waals surface area (Å²) in [6.45, 7) is 3.53. The van der Waals surface area contributed by atoms with E-state index in [1.54, 1.807) is 13.0 Å². The van der Waals surface area contributed by atoms with Gasteiger partial charge in [0.25, 0.3) is 0 Å². The van der Waals surface area contributed by atoms with Crippen LogP contribution in [0.4, 0.5) is 0 Å². The van der Waals surface area contributed by atoms with E-state index in [0.717, 1.165) is 10.0 Å². The Hall–Kier alpha value is -1.29. The highest BCUT2D eigenvalue weighted by molar-refractivity contribution is 9.10. The van der Waals surface area contributed by atoms with Crippen molar-refractivity contribution in [2.24, 2.45) is 0 Å². The van der Waals surface area contributed by atoms with E-state index >= 15 is 0 Å². The Morgan fingerprint density at radius 1 is 1.40 bits per heavy atom. The second-order valence-corrected chi connectivity index (χ2v) is 4.35. The predicted octanol–water partition coefficient (Wildman–Crippen LogP) is 3.51. The van der Waals surface area contributed by atoms with Crippen molar-refractivity contribution in [3.05, 3.63) is 33.5 Å². The molecule has 4 heteroatoms. The van der Waals surface area contributed by atoms with Crippen molar-refractivity contribution in [1.82, 2.24) is 0 Å². The summed E-state index contributed by atoms with van der Waals surface area (Å²) in [5.74, 6) is -0.504. The summed E-state index contributed by atoms with van der Waals surface area (Å²) in [5.41, 5.74) is 1.76. The molecular formula is C11H9BrO3. The minimum absolute atomic E-state index is 0.259. The minimum Gasteiger partial charge on any atom is -0.478 e. The highest BCUT2D eigenvalue weighted by Gasteiger charge is 2.19. The number of aromatic carboxylic acids is 1. The van der Waals surface area contributed by atoms with Gasteiger partial charge in [-0.3, -0.25) is 0 Å². The summed E-state index contributed by atoms with van der Waals surface area (Å²) in [6.07, 6.45) is 0. The quantitative estimate of drug-likeness (QED) is 0.861. The Morgan fingerprint density at radius 2 is 2.07 bits per heavy atom. The van der Waals surface area contributed by atoms with Crippen molar-refractivity contribution in [3.63, 3.8) is 0 Å². The van der Waals surface area contributed by atoms with Gasteiger partial charge in [-0.25, -0.2) is 4.79 Å². The lowest BCUT2D eigenvalue weighted by Gasteiger charge is -1.98. The standard InChI is InChI=1S/C11H9BrO3/c1-5-3-7(12)4-8-9(5)10(11(13)14)6(2)15-8/h3-4H,1-2H3,(H,13,14). The molecule has 2 aromatic rings. The Kier molecular flexibility index (Phi) is 2.31. The number of halogens is 1. The van der Waals surface area contributed by atoms with Gasteiger partial charge in [-0.05, 0) is 31.5 Å². The number of hydrogen-bond donors (Lipinski definition) is 1. The van der Waals surface area contributed by atoms with Crippen molar-refractivity contribution >= 4 is 32.9 Å². The molecule has 0 aliphatic carbocycles. The number of aryl methyl sites for hydroxylation is 2. The molecule has 0 aliphatic rings. The van der Waals surface area contributed by atoms with Crippen molar-refractivity contribution in [3.8, 4) is 0 Å². The van der Waals surface area contributed by atoms with Crippen LogP contribution < -0.4 is 0 Å². The monoisotopic (exact) mass is 268 g/mol. The first kappa shape index (κ1) is 10.2. The third kappa shape index (κ3) is 1.55. The van der Waals surface area contributed by atoms with Crippen LogP contribution in [0.5, 0.6) is 0 Å². The van der Waals surface area contributed by atoms with Gasteiger partial charge in [-0.1, -0.05) is 15.9 Å². The van der Waals surface area contributed by atoms with Crippen LogP contribution >= 0.6 is 15.9 Å². The van der Waals surface area contributed by atoms with E-state index in [-0.39, 0.29) is 5.56 Å². The summed E-state index contributed by atoms with van der Waals surface area (Å²) < 4.78 is 6.30. The Bertz CT molecular complexity index is 554. The maximum atomic E-state index is 11.1. The molecule has 0 saturated carbocycles. The first-order valence-corrected chi connectivity index (χ1v) is 5.22. The lowest BCUT2D eigenvalue weighted by molar-refractivity contribution is 0.0697. The minimum atomic E-state index is -0.948. The lowest BCUT2D eigenvalue weighted by atomic mass is 10.1. The van der Waals surface area contributed by atoms with Gasteiger partial charge in [0.15, 0.2) is 0 Å². The Labute approximate surface area is 94.8 Å². The molecule has 0 atom stereocenters. The summed E-state index contributed by atoms with van der Waals surface area (Å²) in [7, 11) is 0. The average Bonchev–Trinajstić information content (AvgIpc) is 2.40. The highest BCUT2D eigenvalue weighted by atomic mass is 79.9. The summed E-state index contributed by atoms with van der Waals surface area (Å²) in [6, 6.07) is 3.66. The molecule has 1 N–H and O–H groups in total. The number of carbonyl (C=O) groups is 1. The van der Waals surface area contributed by atoms with Crippen molar-refractivity contribution in [2.45, 2.75) is 13.8 Å². The van der Waals surface area contributed by atoms with Crippen LogP contribution in [0.25, 0.3) is 11.0 Å². The van der Waals surface area contributed by atoms with E-state index in [4.69, 9.17) is 9.52 Å². The molecule has 1 aromatic carbocycles. The number of hydrogen-bond acceptors (Lipinski definition) is 2. The molecule has 1 heterocycles. The zero-order valence-corrected chi connectivity index (χ0v) is 9.88. The van der Waals surface area contributed by atoms with Crippen LogP contribution in [-0.2, 0) is 0 Å². The average molecular weight is 269 g/mol. The number of fused-ring (bicyclic) bond motifs is 1. The molecule has 78 valence electrons. The smallest absolute Gasteiger partial charge is 0.339 e. The number of benzene rings is 1. The fourth-order valence-electron chi connectivity index (χ4n) is 1.76. The molecule has 15 heavy (non-hydrogen) atoms. The molecule has 2 rings (SSSR count). The van der Waals surface area contributed by atoms with Gasteiger partial charge in [-0.2, -0.15) is 0 Å². The van der Waals surface area contributed by atoms with Crippen LogP contribution in [-0.4, -0.2) is 11.1 Å². The number of carboxylic acids is 1. The fraction of sp³-hybridized carbons (Fsp3) is 0.182. The number of rotatable bonds is 1. The molecule has 0 bridgehead atoms. The Balaban J connectivity index is 2.93. The van der Waals surface area contributed by atoms with E-state index in [0.29, 0.717) is 16.7 Å². The zero-order valence-electron chi connectivity index (χ0n) is 8.30. The molecule has 0 spiro atoms. The molecule has 0 amide bonds. The molecule has 1 aromatic heterocycles. The molecule has 0 unspecified atom stereocenters. The van der Waals surface area contributed by atoms with Crippen molar-refractivity contribution in [1.29, 1.82) is 0 Å².